The molecular formula is C17H14BrN5O. The van der Waals surface area contributed by atoms with Crippen LogP contribution in [-0.4, -0.2) is 26.1 Å². The zero-order chi connectivity index (χ0) is 16.5. The number of anilines is 1. The molecule has 7 heteroatoms. The van der Waals surface area contributed by atoms with Crippen LogP contribution in [0, 0.1) is 0 Å². The first kappa shape index (κ1) is 15.0. The van der Waals surface area contributed by atoms with Gasteiger partial charge in [0.25, 0.3) is 5.91 Å². The number of halogens is 1. The Bertz CT molecular complexity index is 886. The lowest BCUT2D eigenvalue weighted by Crippen LogP contribution is -2.11. The highest BCUT2D eigenvalue weighted by molar-refractivity contribution is 9.10. The number of hydrogen-bond acceptors (Lipinski definition) is 4. The highest BCUT2D eigenvalue weighted by Gasteiger charge is 2.28. The van der Waals surface area contributed by atoms with Crippen LogP contribution in [0.3, 0.4) is 0 Å². The Hall–Kier alpha value is -2.54. The fourth-order valence-electron chi connectivity index (χ4n) is 2.49. The normalized spacial score (nSPS) is 13.7. The van der Waals surface area contributed by atoms with Crippen LogP contribution in [0.15, 0.2) is 53.0 Å². The largest absolute Gasteiger partial charge is 0.322 e. The zero-order valence-electron chi connectivity index (χ0n) is 12.7. The number of nitrogens with zero attached hydrogens (tertiary/aromatic N) is 4. The van der Waals surface area contributed by atoms with Crippen LogP contribution in [0.25, 0.3) is 11.4 Å². The molecule has 3 aromatic rings. The zero-order valence-corrected chi connectivity index (χ0v) is 14.3. The second kappa shape index (κ2) is 6.16. The van der Waals surface area contributed by atoms with Crippen molar-refractivity contribution in [3.63, 3.8) is 0 Å². The Balaban J connectivity index is 1.57. The van der Waals surface area contributed by atoms with E-state index in [0.29, 0.717) is 17.3 Å². The molecule has 6 nitrogen and oxygen atoms in total. The van der Waals surface area contributed by atoms with E-state index in [1.807, 2.05) is 41.1 Å². The SMILES string of the molecule is O=C(Nc1cccc(-c2nnnn2C2CC2)c1)c1ccc(Br)cc1. The molecule has 1 aromatic heterocycles. The van der Waals surface area contributed by atoms with Crippen molar-refractivity contribution < 1.29 is 4.79 Å². The van der Waals surface area contributed by atoms with Gasteiger partial charge in [-0.25, -0.2) is 4.68 Å². The number of carbonyl (C=O) groups excluding carboxylic acids is 1. The van der Waals surface area contributed by atoms with Crippen LogP contribution in [0.2, 0.25) is 0 Å². The second-order valence-electron chi connectivity index (χ2n) is 5.72. The molecule has 1 aliphatic carbocycles. The third-order valence-corrected chi connectivity index (χ3v) is 4.40. The van der Waals surface area contributed by atoms with Crippen LogP contribution < -0.4 is 5.32 Å². The van der Waals surface area contributed by atoms with Crippen molar-refractivity contribution >= 4 is 27.5 Å². The summed E-state index contributed by atoms with van der Waals surface area (Å²) in [5, 5.41) is 14.9. The highest BCUT2D eigenvalue weighted by atomic mass is 79.9. The summed E-state index contributed by atoms with van der Waals surface area (Å²) in [6, 6.07) is 15.2. The van der Waals surface area contributed by atoms with Crippen molar-refractivity contribution in [1.29, 1.82) is 0 Å². The molecule has 2 aromatic carbocycles. The van der Waals surface area contributed by atoms with E-state index in [4.69, 9.17) is 0 Å². The van der Waals surface area contributed by atoms with Gasteiger partial charge in [-0.2, -0.15) is 0 Å². The summed E-state index contributed by atoms with van der Waals surface area (Å²) >= 11 is 3.36. The Morgan fingerprint density at radius 3 is 2.71 bits per heavy atom. The third-order valence-electron chi connectivity index (χ3n) is 3.87. The molecule has 24 heavy (non-hydrogen) atoms. The summed E-state index contributed by atoms with van der Waals surface area (Å²) in [5.74, 6) is 0.582. The average molecular weight is 384 g/mol. The van der Waals surface area contributed by atoms with Crippen LogP contribution >= 0.6 is 15.9 Å². The van der Waals surface area contributed by atoms with Crippen molar-refractivity contribution in [2.75, 3.05) is 5.32 Å². The summed E-state index contributed by atoms with van der Waals surface area (Å²) in [5.41, 5.74) is 2.21. The molecule has 0 spiro atoms. The predicted molar refractivity (Wildman–Crippen MR) is 93.6 cm³/mol. The maximum absolute atomic E-state index is 12.3. The summed E-state index contributed by atoms with van der Waals surface area (Å²) < 4.78 is 2.79. The molecule has 0 atom stereocenters. The summed E-state index contributed by atoms with van der Waals surface area (Å²) in [6.07, 6.45) is 2.22. The maximum Gasteiger partial charge on any atom is 0.255 e. The maximum atomic E-state index is 12.3. The quantitative estimate of drug-likeness (QED) is 0.745. The van der Waals surface area contributed by atoms with Crippen LogP contribution in [-0.2, 0) is 0 Å². The van der Waals surface area contributed by atoms with Gasteiger partial charge < -0.3 is 5.32 Å². The van der Waals surface area contributed by atoms with E-state index in [-0.39, 0.29) is 5.91 Å². The Kier molecular flexibility index (Phi) is 3.86. The Morgan fingerprint density at radius 2 is 1.96 bits per heavy atom. The number of nitrogens with one attached hydrogen (secondary N) is 1. The summed E-state index contributed by atoms with van der Waals surface area (Å²) in [4.78, 5) is 12.3. The average Bonchev–Trinajstić information content (AvgIpc) is 3.32. The minimum absolute atomic E-state index is 0.151. The second-order valence-corrected chi connectivity index (χ2v) is 6.64. The molecule has 1 N–H and O–H groups in total. The van der Waals surface area contributed by atoms with Crippen molar-refractivity contribution in [1.82, 2.24) is 20.2 Å². The molecule has 120 valence electrons. The van der Waals surface area contributed by atoms with Crippen LogP contribution in [0.4, 0.5) is 5.69 Å². The molecule has 4 rings (SSSR count). The van der Waals surface area contributed by atoms with Gasteiger partial charge in [-0.15, -0.1) is 5.10 Å². The summed E-state index contributed by atoms with van der Waals surface area (Å²) in [7, 11) is 0. The lowest BCUT2D eigenvalue weighted by molar-refractivity contribution is 0.102. The smallest absolute Gasteiger partial charge is 0.255 e. The molecule has 1 fully saturated rings. The first-order valence-corrected chi connectivity index (χ1v) is 8.45. The molecule has 0 aliphatic heterocycles. The van der Waals surface area contributed by atoms with E-state index in [1.54, 1.807) is 12.1 Å². The van der Waals surface area contributed by atoms with Gasteiger partial charge in [0.1, 0.15) is 0 Å². The van der Waals surface area contributed by atoms with E-state index >= 15 is 0 Å². The van der Waals surface area contributed by atoms with Gasteiger partial charge in [0.2, 0.25) is 0 Å². The molecule has 0 radical (unpaired) electrons. The molecule has 1 aliphatic rings. The van der Waals surface area contributed by atoms with Crippen molar-refractivity contribution in [2.24, 2.45) is 0 Å². The first-order valence-electron chi connectivity index (χ1n) is 7.66. The number of amides is 1. The lowest BCUT2D eigenvalue weighted by atomic mass is 10.1. The fraction of sp³-hybridized carbons (Fsp3) is 0.176. The van der Waals surface area contributed by atoms with Crippen molar-refractivity contribution in [3.05, 3.63) is 58.6 Å². The molecule has 0 bridgehead atoms. The van der Waals surface area contributed by atoms with E-state index < -0.39 is 0 Å². The fourth-order valence-corrected chi connectivity index (χ4v) is 2.75. The van der Waals surface area contributed by atoms with Gasteiger partial charge in [0, 0.05) is 21.3 Å². The van der Waals surface area contributed by atoms with Gasteiger partial charge in [-0.05, 0) is 59.7 Å². The Morgan fingerprint density at radius 1 is 1.17 bits per heavy atom. The van der Waals surface area contributed by atoms with Crippen LogP contribution in [0.5, 0.6) is 0 Å². The monoisotopic (exact) mass is 383 g/mol. The van der Waals surface area contributed by atoms with Gasteiger partial charge in [-0.3, -0.25) is 4.79 Å². The van der Waals surface area contributed by atoms with Crippen LogP contribution in [0.1, 0.15) is 29.2 Å². The first-order chi connectivity index (χ1) is 11.7. The van der Waals surface area contributed by atoms with Crippen molar-refractivity contribution in [2.45, 2.75) is 18.9 Å². The molecular weight excluding hydrogens is 370 g/mol. The van der Waals surface area contributed by atoms with E-state index in [9.17, 15) is 4.79 Å². The lowest BCUT2D eigenvalue weighted by Gasteiger charge is -2.08. The summed E-state index contributed by atoms with van der Waals surface area (Å²) in [6.45, 7) is 0. The minimum atomic E-state index is -0.151. The molecule has 1 heterocycles. The molecule has 1 saturated carbocycles. The van der Waals surface area contributed by atoms with Gasteiger partial charge in [0.05, 0.1) is 6.04 Å². The number of hydrogen-bond donors (Lipinski definition) is 1. The molecule has 0 unspecified atom stereocenters. The minimum Gasteiger partial charge on any atom is -0.322 e. The van der Waals surface area contributed by atoms with Gasteiger partial charge in [0.15, 0.2) is 5.82 Å². The topological polar surface area (TPSA) is 72.7 Å². The number of benzene rings is 2. The van der Waals surface area contributed by atoms with Crippen molar-refractivity contribution in [3.8, 4) is 11.4 Å². The van der Waals surface area contributed by atoms with Gasteiger partial charge >= 0.3 is 0 Å². The number of carbonyl (C=O) groups is 1. The number of tetrazole rings is 1. The van der Waals surface area contributed by atoms with E-state index in [0.717, 1.165) is 28.7 Å². The molecule has 1 amide bonds. The van der Waals surface area contributed by atoms with Gasteiger partial charge in [-0.1, -0.05) is 28.1 Å². The number of rotatable bonds is 4. The molecule has 0 saturated heterocycles. The third kappa shape index (κ3) is 3.07. The Labute approximate surface area is 147 Å². The van der Waals surface area contributed by atoms with E-state index in [1.165, 1.54) is 0 Å². The highest BCUT2D eigenvalue weighted by Crippen LogP contribution is 2.36. The standard InChI is InChI=1S/C17H14BrN5O/c18-13-6-4-11(5-7-13)17(24)19-14-3-1-2-12(10-14)16-20-21-22-23(16)15-8-9-15/h1-7,10,15H,8-9H2,(H,19,24). The number of aromatic nitrogens is 4. The van der Waals surface area contributed by atoms with E-state index in [2.05, 4.69) is 36.8 Å². The predicted octanol–water partition coefficient (Wildman–Crippen LogP) is 3.69.